The minimum absolute atomic E-state index is 0. The highest BCUT2D eigenvalue weighted by molar-refractivity contribution is 5.95. The van der Waals surface area contributed by atoms with Gasteiger partial charge in [0.15, 0.2) is 0 Å². The van der Waals surface area contributed by atoms with Gasteiger partial charge in [0.1, 0.15) is 12.4 Å². The van der Waals surface area contributed by atoms with Crippen molar-refractivity contribution in [1.82, 2.24) is 15.2 Å². The van der Waals surface area contributed by atoms with Gasteiger partial charge >= 0.3 is 0 Å². The summed E-state index contributed by atoms with van der Waals surface area (Å²) in [5.74, 6) is 0.958. The Morgan fingerprint density at radius 2 is 1.80 bits per heavy atom. The number of hydrogen-bond donors (Lipinski definition) is 1. The zero-order valence-corrected chi connectivity index (χ0v) is 19.4. The average molecular weight is 452 g/mol. The van der Waals surface area contributed by atoms with Crippen LogP contribution < -0.4 is 10.1 Å². The van der Waals surface area contributed by atoms with Gasteiger partial charge in [-0.05, 0) is 68.9 Å². The normalized spacial score (nSPS) is 21.9. The van der Waals surface area contributed by atoms with Crippen LogP contribution in [0.3, 0.4) is 0 Å². The average Bonchev–Trinajstić information content (AvgIpc) is 3.04. The van der Waals surface area contributed by atoms with Crippen LogP contribution in [-0.2, 0) is 6.61 Å². The zero-order chi connectivity index (χ0) is 19.7. The van der Waals surface area contributed by atoms with Crippen molar-refractivity contribution in [3.8, 4) is 5.75 Å². The van der Waals surface area contributed by atoms with Gasteiger partial charge in [-0.25, -0.2) is 0 Å². The largest absolute Gasteiger partial charge is 0.488 e. The number of carbonyl (C=O) groups is 1. The molecule has 2 aliphatic heterocycles. The van der Waals surface area contributed by atoms with Crippen LogP contribution in [0.5, 0.6) is 5.75 Å². The predicted octanol–water partition coefficient (Wildman–Crippen LogP) is 4.48. The summed E-state index contributed by atoms with van der Waals surface area (Å²) in [6.07, 6.45) is 8.16. The summed E-state index contributed by atoms with van der Waals surface area (Å²) in [4.78, 5) is 19.2. The first-order valence-corrected chi connectivity index (χ1v) is 10.2. The number of nitrogens with one attached hydrogen (secondary N) is 1. The Morgan fingerprint density at radius 3 is 2.37 bits per heavy atom. The molecule has 0 saturated carbocycles. The van der Waals surface area contributed by atoms with Crippen LogP contribution in [-0.4, -0.2) is 41.0 Å². The van der Waals surface area contributed by atoms with Crippen LogP contribution in [0.15, 0.2) is 36.7 Å². The van der Waals surface area contributed by atoms with Crippen molar-refractivity contribution in [2.24, 2.45) is 0 Å². The molecule has 0 aliphatic carbocycles. The van der Waals surface area contributed by atoms with Crippen molar-refractivity contribution in [2.75, 3.05) is 7.05 Å². The lowest BCUT2D eigenvalue weighted by Gasteiger charge is -2.35. The van der Waals surface area contributed by atoms with Crippen LogP contribution in [0, 0.1) is 13.8 Å². The predicted molar refractivity (Wildman–Crippen MR) is 124 cm³/mol. The second-order valence-electron chi connectivity index (χ2n) is 8.27. The molecular weight excluding hydrogens is 421 g/mol. The summed E-state index contributed by atoms with van der Waals surface area (Å²) >= 11 is 0. The highest BCUT2D eigenvalue weighted by Gasteiger charge is 2.36. The van der Waals surface area contributed by atoms with Crippen LogP contribution in [0.4, 0.5) is 0 Å². The van der Waals surface area contributed by atoms with Gasteiger partial charge < -0.3 is 15.0 Å². The molecule has 5 nitrogen and oxygen atoms in total. The molecule has 164 valence electrons. The van der Waals surface area contributed by atoms with Crippen molar-refractivity contribution < 1.29 is 9.53 Å². The lowest BCUT2D eigenvalue weighted by atomic mass is 9.97. The smallest absolute Gasteiger partial charge is 0.253 e. The molecule has 2 bridgehead atoms. The lowest BCUT2D eigenvalue weighted by Crippen LogP contribution is -2.48. The molecule has 3 heterocycles. The van der Waals surface area contributed by atoms with Gasteiger partial charge in [0, 0.05) is 48.7 Å². The van der Waals surface area contributed by atoms with E-state index in [9.17, 15) is 4.79 Å². The van der Waals surface area contributed by atoms with Gasteiger partial charge in [-0.15, -0.1) is 24.8 Å². The van der Waals surface area contributed by atoms with E-state index < -0.39 is 0 Å². The van der Waals surface area contributed by atoms with Crippen molar-refractivity contribution in [3.63, 3.8) is 0 Å². The number of amides is 1. The van der Waals surface area contributed by atoms with Gasteiger partial charge in [0.25, 0.3) is 5.91 Å². The summed E-state index contributed by atoms with van der Waals surface area (Å²) in [6.45, 7) is 4.49. The van der Waals surface area contributed by atoms with Gasteiger partial charge in [-0.1, -0.05) is 6.07 Å². The SMILES string of the molecule is Cc1cc(C(=O)N(C)C2CC3CCC(C2)N3)cc(C)c1OCc1cccnc1.Cl.Cl. The highest BCUT2D eigenvalue weighted by Crippen LogP contribution is 2.31. The van der Waals surface area contributed by atoms with E-state index in [0.29, 0.717) is 24.7 Å². The Bertz CT molecular complexity index is 828. The van der Waals surface area contributed by atoms with E-state index in [1.165, 1.54) is 12.8 Å². The number of aryl methyl sites for hydroxylation is 2. The number of aromatic nitrogens is 1. The molecule has 7 heteroatoms. The third kappa shape index (κ3) is 5.26. The molecule has 1 aromatic heterocycles. The monoisotopic (exact) mass is 451 g/mol. The van der Waals surface area contributed by atoms with Gasteiger partial charge in [-0.2, -0.15) is 0 Å². The van der Waals surface area contributed by atoms with Crippen molar-refractivity contribution in [1.29, 1.82) is 0 Å². The first-order valence-electron chi connectivity index (χ1n) is 10.2. The van der Waals surface area contributed by atoms with E-state index in [-0.39, 0.29) is 30.7 Å². The summed E-state index contributed by atoms with van der Waals surface area (Å²) in [5.41, 5.74) is 3.76. The standard InChI is InChI=1S/C23H29N3O2.2ClH/c1-15-9-18(10-16(2)22(15)28-14-17-5-4-8-24-13-17)23(27)26(3)21-11-19-6-7-20(12-21)25-19;;/h4-5,8-10,13,19-21,25H,6-7,11-12,14H2,1-3H3;2*1H. The Labute approximate surface area is 191 Å². The number of hydrogen-bond acceptors (Lipinski definition) is 4. The second kappa shape index (κ2) is 10.5. The van der Waals surface area contributed by atoms with Crippen LogP contribution in [0.2, 0.25) is 0 Å². The molecule has 30 heavy (non-hydrogen) atoms. The molecular formula is C23H31Cl2N3O2. The fourth-order valence-corrected chi connectivity index (χ4v) is 4.65. The molecule has 1 amide bonds. The van der Waals surface area contributed by atoms with E-state index in [0.717, 1.165) is 40.8 Å². The molecule has 2 aromatic rings. The second-order valence-corrected chi connectivity index (χ2v) is 8.27. The topological polar surface area (TPSA) is 54.5 Å². The van der Waals surface area contributed by atoms with Crippen molar-refractivity contribution in [2.45, 2.75) is 64.3 Å². The first kappa shape index (κ1) is 24.4. The lowest BCUT2D eigenvalue weighted by molar-refractivity contribution is 0.0681. The third-order valence-corrected chi connectivity index (χ3v) is 6.13. The number of nitrogens with zero attached hydrogens (tertiary/aromatic N) is 2. The number of ether oxygens (including phenoxy) is 1. The molecule has 2 atom stereocenters. The maximum absolute atomic E-state index is 13.1. The number of piperidine rings is 1. The highest BCUT2D eigenvalue weighted by atomic mass is 35.5. The third-order valence-electron chi connectivity index (χ3n) is 6.13. The maximum Gasteiger partial charge on any atom is 0.253 e. The summed E-state index contributed by atoms with van der Waals surface area (Å²) < 4.78 is 6.03. The van der Waals surface area contributed by atoms with Crippen LogP contribution in [0.25, 0.3) is 0 Å². The Morgan fingerprint density at radius 1 is 1.17 bits per heavy atom. The minimum Gasteiger partial charge on any atom is -0.488 e. The quantitative estimate of drug-likeness (QED) is 0.727. The van der Waals surface area contributed by atoms with Gasteiger partial charge in [0.2, 0.25) is 0 Å². The fraction of sp³-hybridized carbons (Fsp3) is 0.478. The number of halogens is 2. The van der Waals surface area contributed by atoms with Gasteiger partial charge in [-0.3, -0.25) is 9.78 Å². The number of carbonyl (C=O) groups excluding carboxylic acids is 1. The van der Waals surface area contributed by atoms with Crippen LogP contribution in [0.1, 0.15) is 52.7 Å². The molecule has 0 radical (unpaired) electrons. The van der Waals surface area contributed by atoms with Crippen LogP contribution >= 0.6 is 24.8 Å². The fourth-order valence-electron chi connectivity index (χ4n) is 4.65. The summed E-state index contributed by atoms with van der Waals surface area (Å²) in [7, 11) is 1.95. The molecule has 1 N–H and O–H groups in total. The van der Waals surface area contributed by atoms with E-state index in [1.807, 2.05) is 56.3 Å². The number of pyridine rings is 1. The molecule has 2 fully saturated rings. The number of fused-ring (bicyclic) bond motifs is 2. The summed E-state index contributed by atoms with van der Waals surface area (Å²) in [5, 5.41) is 3.65. The van der Waals surface area contributed by atoms with Crippen molar-refractivity contribution in [3.05, 3.63) is 58.9 Å². The molecule has 2 unspecified atom stereocenters. The zero-order valence-electron chi connectivity index (χ0n) is 17.8. The number of benzene rings is 1. The maximum atomic E-state index is 13.1. The molecule has 0 spiro atoms. The van der Waals surface area contributed by atoms with E-state index in [2.05, 4.69) is 10.3 Å². The molecule has 2 aliphatic rings. The van der Waals surface area contributed by atoms with Crippen molar-refractivity contribution >= 4 is 30.7 Å². The summed E-state index contributed by atoms with van der Waals surface area (Å²) in [6, 6.07) is 9.30. The Kier molecular flexibility index (Phi) is 8.53. The minimum atomic E-state index is 0. The first-order chi connectivity index (χ1) is 13.5. The molecule has 1 aromatic carbocycles. The van der Waals surface area contributed by atoms with E-state index >= 15 is 0 Å². The van der Waals surface area contributed by atoms with Gasteiger partial charge in [0.05, 0.1) is 0 Å². The van der Waals surface area contributed by atoms with E-state index in [1.54, 1.807) is 6.20 Å². The Balaban J connectivity index is 0.00000160. The number of rotatable bonds is 5. The molecule has 4 rings (SSSR count). The molecule has 2 saturated heterocycles. The van der Waals surface area contributed by atoms with E-state index in [4.69, 9.17) is 4.74 Å². The Hall–Kier alpha value is -1.82.